The van der Waals surface area contributed by atoms with Crippen LogP contribution in [0.2, 0.25) is 0 Å². The van der Waals surface area contributed by atoms with Crippen LogP contribution in [0.15, 0.2) is 4.99 Å². The Morgan fingerprint density at radius 2 is 1.70 bits per heavy atom. The molecule has 27 heavy (non-hydrogen) atoms. The fourth-order valence-corrected chi connectivity index (χ4v) is 5.98. The van der Waals surface area contributed by atoms with Gasteiger partial charge in [-0.1, -0.05) is 33.1 Å². The van der Waals surface area contributed by atoms with E-state index >= 15 is 0 Å². The Balaban J connectivity index is 0.00000210. The fourth-order valence-electron chi connectivity index (χ4n) is 5.98. The number of rotatable bonds is 3. The number of fused-ring (bicyclic) bond motifs is 1. The maximum Gasteiger partial charge on any atom is 0.191 e. The monoisotopic (exact) mass is 490 g/mol. The van der Waals surface area contributed by atoms with E-state index in [1.807, 2.05) is 7.05 Å². The van der Waals surface area contributed by atoms with E-state index in [2.05, 4.69) is 34.4 Å². The third-order valence-electron chi connectivity index (χ3n) is 7.58. The lowest BCUT2D eigenvalue weighted by Gasteiger charge is -2.55. The van der Waals surface area contributed by atoms with Crippen LogP contribution in [0.3, 0.4) is 0 Å². The molecule has 0 aromatic rings. The van der Waals surface area contributed by atoms with E-state index in [-0.39, 0.29) is 29.4 Å². The predicted molar refractivity (Wildman–Crippen MR) is 122 cm³/mol. The molecule has 2 saturated heterocycles. The lowest BCUT2D eigenvalue weighted by atomic mass is 9.57. The van der Waals surface area contributed by atoms with Crippen LogP contribution in [0.5, 0.6) is 0 Å². The zero-order chi connectivity index (χ0) is 18.1. The molecule has 0 aromatic heterocycles. The number of piperidine rings is 1. The molecule has 3 unspecified atom stereocenters. The number of guanidine groups is 1. The number of nitrogens with one attached hydrogen (secondary N) is 2. The van der Waals surface area contributed by atoms with E-state index in [4.69, 9.17) is 4.74 Å². The van der Waals surface area contributed by atoms with E-state index in [0.717, 1.165) is 18.6 Å². The number of aliphatic imine (C=N–C) groups is 1. The molecule has 4 aliphatic rings. The summed E-state index contributed by atoms with van der Waals surface area (Å²) < 4.78 is 5.93. The molecule has 4 fully saturated rings. The van der Waals surface area contributed by atoms with Crippen LogP contribution in [-0.4, -0.2) is 61.8 Å². The third kappa shape index (κ3) is 4.42. The van der Waals surface area contributed by atoms with Gasteiger partial charge in [-0.05, 0) is 32.1 Å². The maximum absolute atomic E-state index is 5.93. The van der Waals surface area contributed by atoms with Crippen LogP contribution < -0.4 is 10.6 Å². The number of nitrogens with zero attached hydrogens (tertiary/aromatic N) is 2. The highest BCUT2D eigenvalue weighted by Crippen LogP contribution is 2.52. The smallest absolute Gasteiger partial charge is 0.191 e. The topological polar surface area (TPSA) is 48.9 Å². The second-order valence-corrected chi connectivity index (χ2v) is 9.51. The van der Waals surface area contributed by atoms with Crippen molar-refractivity contribution >= 4 is 29.9 Å². The molecule has 5 nitrogen and oxygen atoms in total. The molecule has 0 amide bonds. The van der Waals surface area contributed by atoms with E-state index in [1.54, 1.807) is 0 Å². The summed E-state index contributed by atoms with van der Waals surface area (Å²) in [5.74, 6) is 1.64. The normalized spacial score (nSPS) is 35.1. The van der Waals surface area contributed by atoms with Crippen LogP contribution in [0.25, 0.3) is 0 Å². The minimum atomic E-state index is 0. The number of halogens is 1. The van der Waals surface area contributed by atoms with Crippen LogP contribution in [0.1, 0.15) is 65.2 Å². The largest absolute Gasteiger partial charge is 0.377 e. The summed E-state index contributed by atoms with van der Waals surface area (Å²) in [5, 5.41) is 7.45. The second-order valence-electron chi connectivity index (χ2n) is 9.51. The van der Waals surface area contributed by atoms with Gasteiger partial charge in [0, 0.05) is 56.2 Å². The first-order valence-corrected chi connectivity index (χ1v) is 10.9. The summed E-state index contributed by atoms with van der Waals surface area (Å²) in [7, 11) is 1.90. The zero-order valence-electron chi connectivity index (χ0n) is 17.4. The van der Waals surface area contributed by atoms with E-state index < -0.39 is 0 Å². The Morgan fingerprint density at radius 3 is 2.37 bits per heavy atom. The summed E-state index contributed by atoms with van der Waals surface area (Å²) in [6.45, 7) is 8.06. The van der Waals surface area contributed by atoms with Gasteiger partial charge in [0.05, 0.1) is 6.10 Å². The van der Waals surface area contributed by atoms with Gasteiger partial charge in [0.15, 0.2) is 5.96 Å². The van der Waals surface area contributed by atoms with Gasteiger partial charge in [0.2, 0.25) is 0 Å². The molecule has 3 atom stereocenters. The van der Waals surface area contributed by atoms with Gasteiger partial charge < -0.3 is 20.3 Å². The molecule has 0 spiro atoms. The lowest BCUT2D eigenvalue weighted by molar-refractivity contribution is -0.106. The highest BCUT2D eigenvalue weighted by molar-refractivity contribution is 14.0. The number of likely N-dealkylation sites (tertiary alicyclic amines) is 1. The van der Waals surface area contributed by atoms with Crippen LogP contribution in [0.4, 0.5) is 0 Å². The fraction of sp³-hybridized carbons (Fsp3) is 0.952. The predicted octanol–water partition coefficient (Wildman–Crippen LogP) is 3.38. The van der Waals surface area contributed by atoms with Crippen molar-refractivity contribution in [3.63, 3.8) is 0 Å². The second kappa shape index (κ2) is 9.16. The Labute approximate surface area is 182 Å². The van der Waals surface area contributed by atoms with E-state index in [1.165, 1.54) is 64.5 Å². The molecule has 0 bridgehead atoms. The van der Waals surface area contributed by atoms with E-state index in [9.17, 15) is 0 Å². The summed E-state index contributed by atoms with van der Waals surface area (Å²) >= 11 is 0. The van der Waals surface area contributed by atoms with Crippen molar-refractivity contribution in [2.75, 3.05) is 26.7 Å². The SMILES string of the molecule is CN=C(NC1CCN(C2CCCCC2)CC1)NC1C2CCOC2C1(C)C.I. The van der Waals surface area contributed by atoms with Crippen molar-refractivity contribution < 1.29 is 4.74 Å². The Bertz CT molecular complexity index is 512. The maximum atomic E-state index is 5.93. The van der Waals surface area contributed by atoms with Crippen molar-refractivity contribution in [2.45, 2.75) is 89.4 Å². The van der Waals surface area contributed by atoms with Gasteiger partial charge in [-0.2, -0.15) is 0 Å². The Morgan fingerprint density at radius 1 is 1.00 bits per heavy atom. The molecule has 156 valence electrons. The minimum absolute atomic E-state index is 0. The molecule has 0 aromatic carbocycles. The molecule has 6 heteroatoms. The minimum Gasteiger partial charge on any atom is -0.377 e. The van der Waals surface area contributed by atoms with Crippen molar-refractivity contribution in [3.8, 4) is 0 Å². The molecule has 4 rings (SSSR count). The van der Waals surface area contributed by atoms with Crippen LogP contribution in [-0.2, 0) is 4.74 Å². The molecular formula is C21H39IN4O. The summed E-state index contributed by atoms with van der Waals surface area (Å²) in [5.41, 5.74) is 0.198. The summed E-state index contributed by atoms with van der Waals surface area (Å²) in [6, 6.07) is 1.89. The molecule has 0 radical (unpaired) electrons. The standard InChI is InChI=1S/C21H38N4O.HI/c1-21(2)18(17-11-14-26-19(17)21)24-20(22-3)23-15-9-12-25(13-10-15)16-7-5-4-6-8-16;/h15-19H,4-14H2,1-3H3,(H2,22,23,24);1H. The Hall–Kier alpha value is -0.0800. The molecule has 2 aliphatic heterocycles. The van der Waals surface area contributed by atoms with Gasteiger partial charge in [-0.3, -0.25) is 4.99 Å². The molecule has 2 N–H and O–H groups in total. The highest BCUT2D eigenvalue weighted by atomic mass is 127. The molecule has 2 saturated carbocycles. The van der Waals surface area contributed by atoms with Gasteiger partial charge in [-0.25, -0.2) is 0 Å². The van der Waals surface area contributed by atoms with Crippen LogP contribution in [0, 0.1) is 11.3 Å². The summed E-state index contributed by atoms with van der Waals surface area (Å²) in [4.78, 5) is 7.29. The molecule has 2 heterocycles. The van der Waals surface area contributed by atoms with Crippen molar-refractivity contribution in [2.24, 2.45) is 16.3 Å². The number of hydrogen-bond donors (Lipinski definition) is 2. The third-order valence-corrected chi connectivity index (χ3v) is 7.58. The zero-order valence-corrected chi connectivity index (χ0v) is 19.7. The van der Waals surface area contributed by atoms with Gasteiger partial charge in [-0.15, -0.1) is 24.0 Å². The van der Waals surface area contributed by atoms with Gasteiger partial charge in [0.1, 0.15) is 0 Å². The van der Waals surface area contributed by atoms with E-state index in [0.29, 0.717) is 24.1 Å². The van der Waals surface area contributed by atoms with Crippen molar-refractivity contribution in [3.05, 3.63) is 0 Å². The first kappa shape index (κ1) is 21.6. The Kier molecular flexibility index (Phi) is 7.34. The highest BCUT2D eigenvalue weighted by Gasteiger charge is 2.59. The van der Waals surface area contributed by atoms with Crippen molar-refractivity contribution in [1.82, 2.24) is 15.5 Å². The van der Waals surface area contributed by atoms with Gasteiger partial charge in [0.25, 0.3) is 0 Å². The van der Waals surface area contributed by atoms with Crippen molar-refractivity contribution in [1.29, 1.82) is 0 Å². The van der Waals surface area contributed by atoms with Gasteiger partial charge >= 0.3 is 0 Å². The first-order chi connectivity index (χ1) is 12.6. The average Bonchev–Trinajstić information content (AvgIpc) is 3.13. The first-order valence-electron chi connectivity index (χ1n) is 10.9. The number of hydrogen-bond acceptors (Lipinski definition) is 3. The van der Waals surface area contributed by atoms with Crippen LogP contribution >= 0.6 is 24.0 Å². The number of ether oxygens (including phenoxy) is 1. The quantitative estimate of drug-likeness (QED) is 0.362. The molecular weight excluding hydrogens is 451 g/mol. The molecule has 2 aliphatic carbocycles. The average molecular weight is 490 g/mol. The summed E-state index contributed by atoms with van der Waals surface area (Å²) in [6.07, 6.45) is 11.2. The lowest BCUT2D eigenvalue weighted by Crippen LogP contribution is -2.68.